The van der Waals surface area contributed by atoms with Gasteiger partial charge in [0.2, 0.25) is 0 Å². The third-order valence-corrected chi connectivity index (χ3v) is 6.31. The molecule has 1 aromatic rings. The van der Waals surface area contributed by atoms with Gasteiger partial charge in [-0.15, -0.1) is 35.3 Å². The molecular formula is C22H42IN5OS. The second-order valence-corrected chi connectivity index (χ2v) is 9.08. The van der Waals surface area contributed by atoms with Gasteiger partial charge in [-0.2, -0.15) is 0 Å². The molecule has 1 unspecified atom stereocenters. The first-order valence-electron chi connectivity index (χ1n) is 11.2. The number of morpholine rings is 1. The quantitative estimate of drug-likeness (QED) is 0.190. The minimum absolute atomic E-state index is 0. The summed E-state index contributed by atoms with van der Waals surface area (Å²) in [6.07, 6.45) is 1.11. The predicted octanol–water partition coefficient (Wildman–Crippen LogP) is 3.80. The lowest BCUT2D eigenvalue weighted by molar-refractivity contribution is 0.0186. The van der Waals surface area contributed by atoms with Crippen LogP contribution in [0.25, 0.3) is 0 Å². The molecule has 8 heteroatoms. The van der Waals surface area contributed by atoms with E-state index >= 15 is 0 Å². The molecule has 1 aliphatic rings. The van der Waals surface area contributed by atoms with Gasteiger partial charge in [0.15, 0.2) is 5.96 Å². The molecule has 1 fully saturated rings. The molecule has 1 aromatic heterocycles. The number of ether oxygens (including phenoxy) is 1. The van der Waals surface area contributed by atoms with Gasteiger partial charge in [-0.05, 0) is 52.5 Å². The zero-order valence-corrected chi connectivity index (χ0v) is 22.5. The maximum absolute atomic E-state index is 5.55. The lowest BCUT2D eigenvalue weighted by Gasteiger charge is -2.33. The van der Waals surface area contributed by atoms with E-state index in [1.807, 2.05) is 11.3 Å². The first kappa shape index (κ1) is 27.6. The molecular weight excluding hydrogens is 509 g/mol. The van der Waals surface area contributed by atoms with Gasteiger partial charge in [-0.1, -0.05) is 6.07 Å². The van der Waals surface area contributed by atoms with Crippen molar-refractivity contribution >= 4 is 41.3 Å². The first-order valence-corrected chi connectivity index (χ1v) is 12.0. The van der Waals surface area contributed by atoms with Crippen LogP contribution >= 0.6 is 35.3 Å². The van der Waals surface area contributed by atoms with Gasteiger partial charge in [0.1, 0.15) is 0 Å². The van der Waals surface area contributed by atoms with E-state index in [1.165, 1.54) is 4.88 Å². The highest BCUT2D eigenvalue weighted by Gasteiger charge is 2.23. The number of guanidine groups is 1. The van der Waals surface area contributed by atoms with E-state index in [1.54, 1.807) is 0 Å². The zero-order valence-electron chi connectivity index (χ0n) is 19.4. The molecule has 1 atom stereocenters. The van der Waals surface area contributed by atoms with Crippen LogP contribution in [0.2, 0.25) is 0 Å². The molecule has 30 heavy (non-hydrogen) atoms. The summed E-state index contributed by atoms with van der Waals surface area (Å²) in [4.78, 5) is 11.4. The second kappa shape index (κ2) is 15.4. The van der Waals surface area contributed by atoms with Crippen LogP contribution in [0.5, 0.6) is 0 Å². The fourth-order valence-corrected chi connectivity index (χ4v) is 4.71. The Hall–Kier alpha value is -0.420. The van der Waals surface area contributed by atoms with Crippen LogP contribution in [-0.4, -0.2) is 80.3 Å². The van der Waals surface area contributed by atoms with Gasteiger partial charge < -0.3 is 15.4 Å². The van der Waals surface area contributed by atoms with E-state index in [0.717, 1.165) is 64.9 Å². The van der Waals surface area contributed by atoms with Gasteiger partial charge >= 0.3 is 0 Å². The topological polar surface area (TPSA) is 52.1 Å². The molecule has 174 valence electrons. The van der Waals surface area contributed by atoms with Crippen LogP contribution in [0.4, 0.5) is 0 Å². The van der Waals surface area contributed by atoms with Crippen molar-refractivity contribution in [2.45, 2.75) is 59.2 Å². The molecule has 0 amide bonds. The number of halogens is 1. The molecule has 6 nitrogen and oxygen atoms in total. The van der Waals surface area contributed by atoms with Crippen LogP contribution in [0.15, 0.2) is 22.5 Å². The van der Waals surface area contributed by atoms with E-state index in [0.29, 0.717) is 18.1 Å². The first-order chi connectivity index (χ1) is 14.0. The molecule has 2 rings (SSSR count). The minimum Gasteiger partial charge on any atom is -0.379 e. The monoisotopic (exact) mass is 551 g/mol. The van der Waals surface area contributed by atoms with Gasteiger partial charge in [-0.25, -0.2) is 0 Å². The Morgan fingerprint density at radius 1 is 1.20 bits per heavy atom. The summed E-state index contributed by atoms with van der Waals surface area (Å²) >= 11 is 1.82. The molecule has 0 radical (unpaired) electrons. The van der Waals surface area contributed by atoms with Crippen molar-refractivity contribution in [2.24, 2.45) is 4.99 Å². The van der Waals surface area contributed by atoms with E-state index in [-0.39, 0.29) is 24.0 Å². The molecule has 1 aliphatic heterocycles. The third-order valence-electron chi connectivity index (χ3n) is 5.34. The molecule has 0 aromatic carbocycles. The van der Waals surface area contributed by atoms with E-state index in [4.69, 9.17) is 9.73 Å². The van der Waals surface area contributed by atoms with Gasteiger partial charge in [0.25, 0.3) is 0 Å². The Labute approximate surface area is 204 Å². The normalized spacial score (nSPS) is 16.7. The summed E-state index contributed by atoms with van der Waals surface area (Å²) < 4.78 is 5.55. The highest BCUT2D eigenvalue weighted by molar-refractivity contribution is 14.0. The number of hydrogen-bond donors (Lipinski definition) is 2. The molecule has 1 saturated heterocycles. The van der Waals surface area contributed by atoms with Gasteiger partial charge in [0, 0.05) is 49.7 Å². The van der Waals surface area contributed by atoms with E-state index < -0.39 is 0 Å². The number of nitrogens with zero attached hydrogens (tertiary/aromatic N) is 3. The number of rotatable bonds is 11. The molecule has 2 N–H and O–H groups in total. The van der Waals surface area contributed by atoms with Crippen LogP contribution < -0.4 is 10.6 Å². The van der Waals surface area contributed by atoms with Crippen LogP contribution in [0.3, 0.4) is 0 Å². The van der Waals surface area contributed by atoms with Crippen molar-refractivity contribution in [1.82, 2.24) is 20.4 Å². The minimum atomic E-state index is 0. The molecule has 0 bridgehead atoms. The van der Waals surface area contributed by atoms with Crippen molar-refractivity contribution in [2.75, 3.05) is 52.5 Å². The number of nitrogens with one attached hydrogen (secondary N) is 2. The second-order valence-electron chi connectivity index (χ2n) is 8.10. The summed E-state index contributed by atoms with van der Waals surface area (Å²) in [5.74, 6) is 0.919. The maximum atomic E-state index is 5.55. The van der Waals surface area contributed by atoms with Crippen molar-refractivity contribution in [3.63, 3.8) is 0 Å². The average Bonchev–Trinajstić information content (AvgIpc) is 3.22. The highest BCUT2D eigenvalue weighted by atomic mass is 127. The highest BCUT2D eigenvalue weighted by Crippen LogP contribution is 2.26. The molecule has 2 heterocycles. The number of hydrogen-bond acceptors (Lipinski definition) is 5. The summed E-state index contributed by atoms with van der Waals surface area (Å²) in [6.45, 7) is 18.5. The maximum Gasteiger partial charge on any atom is 0.191 e. The number of aliphatic imine (C=N–C) groups is 1. The summed E-state index contributed by atoms with van der Waals surface area (Å²) in [6, 6.07) is 5.85. The van der Waals surface area contributed by atoms with Gasteiger partial charge in [0.05, 0.1) is 25.8 Å². The van der Waals surface area contributed by atoms with Crippen molar-refractivity contribution in [1.29, 1.82) is 0 Å². The molecule has 0 aliphatic carbocycles. The average molecular weight is 552 g/mol. The van der Waals surface area contributed by atoms with Crippen molar-refractivity contribution < 1.29 is 4.74 Å². The third kappa shape index (κ3) is 9.38. The Bertz CT molecular complexity index is 568. The Kier molecular flexibility index (Phi) is 14.2. The van der Waals surface area contributed by atoms with Crippen molar-refractivity contribution in [3.8, 4) is 0 Å². The van der Waals surface area contributed by atoms with Crippen LogP contribution in [0, 0.1) is 0 Å². The predicted molar refractivity (Wildman–Crippen MR) is 140 cm³/mol. The van der Waals surface area contributed by atoms with Crippen LogP contribution in [0.1, 0.15) is 52.0 Å². The standard InChI is InChI=1S/C22H41N5OS.HI/c1-6-23-22(24-10-8-11-27(18(2)3)19(4)5)25-17-20(21-9-7-16-29-21)26-12-14-28-15-13-26;/h7,9,16,18-20H,6,8,10-15,17H2,1-5H3,(H2,23,24,25);1H. The summed E-state index contributed by atoms with van der Waals surface area (Å²) in [5.41, 5.74) is 0. The fourth-order valence-electron chi connectivity index (χ4n) is 3.86. The van der Waals surface area contributed by atoms with Crippen molar-refractivity contribution in [3.05, 3.63) is 22.4 Å². The lowest BCUT2D eigenvalue weighted by Crippen LogP contribution is -2.42. The smallest absolute Gasteiger partial charge is 0.191 e. The summed E-state index contributed by atoms with van der Waals surface area (Å²) in [7, 11) is 0. The van der Waals surface area contributed by atoms with Crippen LogP contribution in [-0.2, 0) is 4.74 Å². The van der Waals surface area contributed by atoms with E-state index in [9.17, 15) is 0 Å². The largest absolute Gasteiger partial charge is 0.379 e. The fraction of sp³-hybridized carbons (Fsp3) is 0.773. The van der Waals surface area contributed by atoms with Gasteiger partial charge in [-0.3, -0.25) is 14.8 Å². The molecule has 0 spiro atoms. The number of thiophene rings is 1. The lowest BCUT2D eigenvalue weighted by atomic mass is 10.2. The Balaban J connectivity index is 0.00000450. The Morgan fingerprint density at radius 2 is 1.90 bits per heavy atom. The SMILES string of the molecule is CCNC(=NCC(c1cccs1)N1CCOCC1)NCCCN(C(C)C)C(C)C.I. The Morgan fingerprint density at radius 3 is 2.47 bits per heavy atom. The summed E-state index contributed by atoms with van der Waals surface area (Å²) in [5, 5.41) is 9.09. The zero-order chi connectivity index (χ0) is 21.1. The molecule has 0 saturated carbocycles. The van der Waals surface area contributed by atoms with E-state index in [2.05, 4.69) is 72.6 Å².